The van der Waals surface area contributed by atoms with Crippen molar-refractivity contribution < 1.29 is 9.53 Å². The molecule has 0 unspecified atom stereocenters. The van der Waals surface area contributed by atoms with Gasteiger partial charge >= 0.3 is 5.97 Å². The van der Waals surface area contributed by atoms with Gasteiger partial charge in [-0.1, -0.05) is 27.4 Å². The van der Waals surface area contributed by atoms with Crippen molar-refractivity contribution in [3.63, 3.8) is 0 Å². The lowest BCUT2D eigenvalue weighted by Gasteiger charge is -2.16. The predicted molar refractivity (Wildman–Crippen MR) is 58.0 cm³/mol. The Balaban J connectivity index is 3.71. The Kier molecular flexibility index (Phi) is 5.26. The summed E-state index contributed by atoms with van der Waals surface area (Å²) in [5.74, 6) is -0.130. The first kappa shape index (κ1) is 13.0. The van der Waals surface area contributed by atoms with E-state index in [2.05, 4.69) is 12.3 Å². The lowest BCUT2D eigenvalue weighted by Crippen LogP contribution is -2.15. The molecular formula is C12H20O2. The second-order valence-corrected chi connectivity index (χ2v) is 4.67. The van der Waals surface area contributed by atoms with E-state index in [1.165, 1.54) is 0 Å². The quantitative estimate of drug-likeness (QED) is 0.510. The highest BCUT2D eigenvalue weighted by Crippen LogP contribution is 2.18. The molecule has 0 heterocycles. The summed E-state index contributed by atoms with van der Waals surface area (Å²) in [6.45, 7) is 11.9. The topological polar surface area (TPSA) is 26.3 Å². The smallest absolute Gasteiger partial charge is 0.306 e. The van der Waals surface area contributed by atoms with E-state index in [1.54, 1.807) is 0 Å². The molecule has 0 fully saturated rings. The molecule has 2 heteroatoms. The molecule has 0 aliphatic rings. The van der Waals surface area contributed by atoms with Gasteiger partial charge in [-0.05, 0) is 17.9 Å². The van der Waals surface area contributed by atoms with Crippen LogP contribution in [-0.2, 0) is 9.53 Å². The number of ether oxygens (including phenoxy) is 1. The van der Waals surface area contributed by atoms with Crippen LogP contribution in [0.25, 0.3) is 0 Å². The molecule has 0 saturated carbocycles. The summed E-state index contributed by atoms with van der Waals surface area (Å²) in [6, 6.07) is 0. The van der Waals surface area contributed by atoms with E-state index >= 15 is 0 Å². The van der Waals surface area contributed by atoms with Gasteiger partial charge in [0.25, 0.3) is 0 Å². The summed E-state index contributed by atoms with van der Waals surface area (Å²) in [4.78, 5) is 11.3. The maximum Gasteiger partial charge on any atom is 0.306 e. The SMILES string of the molecule is C=C=C(C)CCOC(=O)CC(C)(C)C. The molecule has 0 aliphatic carbocycles. The molecule has 0 aromatic rings. The summed E-state index contributed by atoms with van der Waals surface area (Å²) < 4.78 is 5.06. The number of carbonyl (C=O) groups is 1. The highest BCUT2D eigenvalue weighted by atomic mass is 16.5. The first-order valence-corrected chi connectivity index (χ1v) is 4.86. The average Bonchev–Trinajstić information content (AvgIpc) is 2.00. The zero-order chi connectivity index (χ0) is 11.2. The second kappa shape index (κ2) is 5.66. The van der Waals surface area contributed by atoms with Crippen molar-refractivity contribution in [3.8, 4) is 0 Å². The fourth-order valence-corrected chi connectivity index (χ4v) is 0.890. The van der Waals surface area contributed by atoms with E-state index < -0.39 is 0 Å². The maximum atomic E-state index is 11.3. The van der Waals surface area contributed by atoms with Gasteiger partial charge in [-0.3, -0.25) is 4.79 Å². The van der Waals surface area contributed by atoms with Crippen LogP contribution in [-0.4, -0.2) is 12.6 Å². The number of hydrogen-bond acceptors (Lipinski definition) is 2. The van der Waals surface area contributed by atoms with Crippen LogP contribution in [0.3, 0.4) is 0 Å². The average molecular weight is 196 g/mol. The third-order valence-electron chi connectivity index (χ3n) is 1.72. The normalized spacial score (nSPS) is 10.6. The lowest BCUT2D eigenvalue weighted by atomic mass is 9.92. The van der Waals surface area contributed by atoms with Crippen LogP contribution in [0.2, 0.25) is 0 Å². The van der Waals surface area contributed by atoms with Crippen molar-refractivity contribution in [1.29, 1.82) is 0 Å². The van der Waals surface area contributed by atoms with Crippen LogP contribution in [0.15, 0.2) is 17.9 Å². The van der Waals surface area contributed by atoms with Crippen LogP contribution < -0.4 is 0 Å². The van der Waals surface area contributed by atoms with Gasteiger partial charge in [0, 0.05) is 6.42 Å². The van der Waals surface area contributed by atoms with Gasteiger partial charge in [-0.25, -0.2) is 0 Å². The molecule has 0 aromatic carbocycles. The molecule has 0 saturated heterocycles. The van der Waals surface area contributed by atoms with Gasteiger partial charge in [0.15, 0.2) is 0 Å². The minimum Gasteiger partial charge on any atom is -0.465 e. The molecule has 0 rings (SSSR count). The monoisotopic (exact) mass is 196 g/mol. The van der Waals surface area contributed by atoms with Gasteiger partial charge in [-0.2, -0.15) is 0 Å². The summed E-state index contributed by atoms with van der Waals surface area (Å²) >= 11 is 0. The largest absolute Gasteiger partial charge is 0.465 e. The van der Waals surface area contributed by atoms with Crippen molar-refractivity contribution in [1.82, 2.24) is 0 Å². The third-order valence-corrected chi connectivity index (χ3v) is 1.72. The van der Waals surface area contributed by atoms with E-state index in [0.717, 1.165) is 12.0 Å². The van der Waals surface area contributed by atoms with Crippen LogP contribution in [0, 0.1) is 5.41 Å². The number of carbonyl (C=O) groups excluding carboxylic acids is 1. The fraction of sp³-hybridized carbons (Fsp3) is 0.667. The zero-order valence-electron chi connectivity index (χ0n) is 9.64. The molecule has 0 spiro atoms. The van der Waals surface area contributed by atoms with Gasteiger partial charge in [0.1, 0.15) is 0 Å². The molecular weight excluding hydrogens is 176 g/mol. The predicted octanol–water partition coefficient (Wildman–Crippen LogP) is 3.09. The first-order chi connectivity index (χ1) is 6.35. The van der Waals surface area contributed by atoms with E-state index in [-0.39, 0.29) is 11.4 Å². The highest BCUT2D eigenvalue weighted by molar-refractivity contribution is 5.70. The number of rotatable bonds is 4. The van der Waals surface area contributed by atoms with Gasteiger partial charge in [0.2, 0.25) is 0 Å². The minimum atomic E-state index is -0.130. The van der Waals surface area contributed by atoms with Crippen molar-refractivity contribution in [3.05, 3.63) is 17.9 Å². The van der Waals surface area contributed by atoms with Gasteiger partial charge < -0.3 is 4.74 Å². The van der Waals surface area contributed by atoms with E-state index in [4.69, 9.17) is 4.74 Å². The lowest BCUT2D eigenvalue weighted by molar-refractivity contribution is -0.145. The van der Waals surface area contributed by atoms with Crippen molar-refractivity contribution >= 4 is 5.97 Å². The number of hydrogen-bond donors (Lipinski definition) is 0. The molecule has 2 nitrogen and oxygen atoms in total. The van der Waals surface area contributed by atoms with Crippen LogP contribution in [0.1, 0.15) is 40.5 Å². The summed E-state index contributed by atoms with van der Waals surface area (Å²) in [5.41, 5.74) is 3.78. The van der Waals surface area contributed by atoms with Crippen molar-refractivity contribution in [2.75, 3.05) is 6.61 Å². The fourth-order valence-electron chi connectivity index (χ4n) is 0.890. The molecule has 0 N–H and O–H groups in total. The molecule has 0 radical (unpaired) electrons. The number of esters is 1. The molecule has 0 atom stereocenters. The van der Waals surface area contributed by atoms with Gasteiger partial charge in [0.05, 0.1) is 13.0 Å². The van der Waals surface area contributed by atoms with Crippen LogP contribution in [0.5, 0.6) is 0 Å². The van der Waals surface area contributed by atoms with E-state index in [9.17, 15) is 4.79 Å². The Morgan fingerprint density at radius 1 is 1.43 bits per heavy atom. The standard InChI is InChI=1S/C12H20O2/c1-6-10(2)7-8-14-11(13)9-12(3,4)5/h1,7-9H2,2-5H3. The molecule has 0 aliphatic heterocycles. The third kappa shape index (κ3) is 7.63. The molecule has 0 amide bonds. The molecule has 14 heavy (non-hydrogen) atoms. The Bertz CT molecular complexity index is 240. The second-order valence-electron chi connectivity index (χ2n) is 4.67. The summed E-state index contributed by atoms with van der Waals surface area (Å²) in [7, 11) is 0. The molecule has 80 valence electrons. The molecule has 0 aromatic heterocycles. The van der Waals surface area contributed by atoms with Crippen molar-refractivity contribution in [2.24, 2.45) is 5.41 Å². The van der Waals surface area contributed by atoms with Crippen molar-refractivity contribution in [2.45, 2.75) is 40.5 Å². The Morgan fingerprint density at radius 3 is 2.43 bits per heavy atom. The van der Waals surface area contributed by atoms with Gasteiger partial charge in [-0.15, -0.1) is 5.73 Å². The Labute approximate surface area is 86.6 Å². The summed E-state index contributed by atoms with van der Waals surface area (Å²) in [5, 5.41) is 0. The first-order valence-electron chi connectivity index (χ1n) is 4.86. The molecule has 0 bridgehead atoms. The Morgan fingerprint density at radius 2 is 2.00 bits per heavy atom. The summed E-state index contributed by atoms with van der Waals surface area (Å²) in [6.07, 6.45) is 1.18. The zero-order valence-corrected chi connectivity index (χ0v) is 9.64. The Hall–Kier alpha value is -1.01. The minimum absolute atomic E-state index is 0.000401. The van der Waals surface area contributed by atoms with Crippen LogP contribution >= 0.6 is 0 Å². The highest BCUT2D eigenvalue weighted by Gasteiger charge is 2.16. The van der Waals surface area contributed by atoms with E-state index in [0.29, 0.717) is 13.0 Å². The van der Waals surface area contributed by atoms with E-state index in [1.807, 2.05) is 27.7 Å². The maximum absolute atomic E-state index is 11.3. The van der Waals surface area contributed by atoms with Crippen LogP contribution in [0.4, 0.5) is 0 Å².